The molecule has 0 aromatic carbocycles. The summed E-state index contributed by atoms with van der Waals surface area (Å²) >= 11 is 0. The molecule has 2 aromatic rings. The Balaban J connectivity index is 2.27. The Morgan fingerprint density at radius 1 is 1.29 bits per heavy atom. The summed E-state index contributed by atoms with van der Waals surface area (Å²) in [5, 5.41) is 3.96. The van der Waals surface area contributed by atoms with Crippen LogP contribution in [-0.4, -0.2) is 19.7 Å². The summed E-state index contributed by atoms with van der Waals surface area (Å²) in [6, 6.07) is 2.44. The Morgan fingerprint density at radius 2 is 2.05 bits per heavy atom. The molecule has 0 N–H and O–H groups in total. The fraction of sp³-hybridized carbons (Fsp3) is 0.462. The van der Waals surface area contributed by atoms with Crippen molar-refractivity contribution in [2.24, 2.45) is 0 Å². The number of aromatic nitrogens is 4. The SMILES string of the molecule is CCCc1nc(CF)nn1Cc1ccnc(C(F)(F)F)c1. The van der Waals surface area contributed by atoms with Crippen molar-refractivity contribution in [1.29, 1.82) is 0 Å². The second kappa shape index (κ2) is 6.19. The molecule has 2 aromatic heterocycles. The van der Waals surface area contributed by atoms with E-state index in [2.05, 4.69) is 15.1 Å². The van der Waals surface area contributed by atoms with Gasteiger partial charge in [-0.05, 0) is 24.1 Å². The lowest BCUT2D eigenvalue weighted by Crippen LogP contribution is -2.11. The van der Waals surface area contributed by atoms with Crippen LogP contribution in [0.15, 0.2) is 18.3 Å². The molecule has 2 heterocycles. The molecule has 0 aliphatic carbocycles. The zero-order valence-corrected chi connectivity index (χ0v) is 11.4. The number of hydrogen-bond acceptors (Lipinski definition) is 3. The van der Waals surface area contributed by atoms with Gasteiger partial charge in [-0.1, -0.05) is 6.92 Å². The molecule has 0 aliphatic rings. The van der Waals surface area contributed by atoms with E-state index in [1.54, 1.807) is 0 Å². The third-order valence-electron chi connectivity index (χ3n) is 2.83. The van der Waals surface area contributed by atoms with E-state index in [9.17, 15) is 17.6 Å². The van der Waals surface area contributed by atoms with Crippen molar-refractivity contribution in [1.82, 2.24) is 19.7 Å². The first-order valence-electron chi connectivity index (χ1n) is 6.44. The molecule has 0 amide bonds. The van der Waals surface area contributed by atoms with E-state index in [4.69, 9.17) is 0 Å². The predicted octanol–water partition coefficient (Wildman–Crippen LogP) is 3.16. The topological polar surface area (TPSA) is 43.6 Å². The minimum Gasteiger partial charge on any atom is -0.252 e. The van der Waals surface area contributed by atoms with Crippen LogP contribution in [0.3, 0.4) is 0 Å². The first-order chi connectivity index (χ1) is 9.94. The van der Waals surface area contributed by atoms with E-state index >= 15 is 0 Å². The molecule has 0 saturated carbocycles. The first kappa shape index (κ1) is 15.4. The maximum absolute atomic E-state index is 12.6. The average Bonchev–Trinajstić information content (AvgIpc) is 2.81. The van der Waals surface area contributed by atoms with Gasteiger partial charge in [0.1, 0.15) is 11.5 Å². The second-order valence-corrected chi connectivity index (χ2v) is 4.53. The molecule has 0 fully saturated rings. The number of aryl methyl sites for hydroxylation is 1. The van der Waals surface area contributed by atoms with Gasteiger partial charge in [0.05, 0.1) is 6.54 Å². The quantitative estimate of drug-likeness (QED) is 0.797. The minimum atomic E-state index is -4.49. The third-order valence-corrected chi connectivity index (χ3v) is 2.83. The van der Waals surface area contributed by atoms with Crippen LogP contribution in [0.2, 0.25) is 0 Å². The zero-order valence-electron chi connectivity index (χ0n) is 11.4. The standard InChI is InChI=1S/C13H14F4N4/c1-2-3-12-19-11(7-14)20-21(12)8-9-4-5-18-10(6-9)13(15,16)17/h4-6H,2-3,7-8H2,1H3. The summed E-state index contributed by atoms with van der Waals surface area (Å²) in [7, 11) is 0. The first-order valence-corrected chi connectivity index (χ1v) is 6.44. The molecule has 0 spiro atoms. The highest BCUT2D eigenvalue weighted by Gasteiger charge is 2.32. The van der Waals surface area contributed by atoms with Crippen molar-refractivity contribution in [3.8, 4) is 0 Å². The van der Waals surface area contributed by atoms with E-state index in [1.165, 1.54) is 10.7 Å². The van der Waals surface area contributed by atoms with Crippen LogP contribution < -0.4 is 0 Å². The van der Waals surface area contributed by atoms with E-state index in [0.717, 1.165) is 18.7 Å². The van der Waals surface area contributed by atoms with Gasteiger partial charge in [-0.15, -0.1) is 0 Å². The van der Waals surface area contributed by atoms with Crippen molar-refractivity contribution in [3.05, 3.63) is 41.2 Å². The number of alkyl halides is 4. The summed E-state index contributed by atoms with van der Waals surface area (Å²) in [6.07, 6.45) is -2.02. The van der Waals surface area contributed by atoms with Crippen LogP contribution >= 0.6 is 0 Å². The molecule has 0 aliphatic heterocycles. The molecule has 0 radical (unpaired) electrons. The Labute approximate surface area is 118 Å². The molecular formula is C13H14F4N4. The smallest absolute Gasteiger partial charge is 0.252 e. The van der Waals surface area contributed by atoms with Gasteiger partial charge in [0, 0.05) is 12.6 Å². The number of pyridine rings is 1. The number of nitrogens with zero attached hydrogens (tertiary/aromatic N) is 4. The van der Waals surface area contributed by atoms with Gasteiger partial charge in [0.25, 0.3) is 0 Å². The summed E-state index contributed by atoms with van der Waals surface area (Å²) < 4.78 is 51.9. The number of hydrogen-bond donors (Lipinski definition) is 0. The zero-order chi connectivity index (χ0) is 15.5. The maximum atomic E-state index is 12.6. The lowest BCUT2D eigenvalue weighted by molar-refractivity contribution is -0.141. The van der Waals surface area contributed by atoms with E-state index in [1.807, 2.05) is 6.92 Å². The monoisotopic (exact) mass is 302 g/mol. The summed E-state index contributed by atoms with van der Waals surface area (Å²) in [5.41, 5.74) is -0.562. The van der Waals surface area contributed by atoms with Crippen molar-refractivity contribution in [2.75, 3.05) is 0 Å². The van der Waals surface area contributed by atoms with Crippen molar-refractivity contribution >= 4 is 0 Å². The molecule has 21 heavy (non-hydrogen) atoms. The van der Waals surface area contributed by atoms with Gasteiger partial charge in [0.2, 0.25) is 0 Å². The van der Waals surface area contributed by atoms with Crippen molar-refractivity contribution < 1.29 is 17.6 Å². The van der Waals surface area contributed by atoms with Crippen LogP contribution in [0.5, 0.6) is 0 Å². The van der Waals surface area contributed by atoms with E-state index in [-0.39, 0.29) is 12.4 Å². The van der Waals surface area contributed by atoms with Gasteiger partial charge >= 0.3 is 6.18 Å². The molecule has 2 rings (SSSR count). The van der Waals surface area contributed by atoms with Gasteiger partial charge in [-0.3, -0.25) is 4.98 Å². The molecular weight excluding hydrogens is 288 g/mol. The highest BCUT2D eigenvalue weighted by atomic mass is 19.4. The summed E-state index contributed by atoms with van der Waals surface area (Å²) in [5.74, 6) is 0.610. The Morgan fingerprint density at radius 3 is 2.67 bits per heavy atom. The largest absolute Gasteiger partial charge is 0.433 e. The average molecular weight is 302 g/mol. The Bertz CT molecular complexity index is 606. The highest BCUT2D eigenvalue weighted by Crippen LogP contribution is 2.27. The summed E-state index contributed by atoms with van der Waals surface area (Å²) in [6.45, 7) is 1.24. The van der Waals surface area contributed by atoms with Crippen LogP contribution in [0.4, 0.5) is 17.6 Å². The van der Waals surface area contributed by atoms with Crippen LogP contribution in [0.25, 0.3) is 0 Å². The molecule has 0 saturated heterocycles. The lowest BCUT2D eigenvalue weighted by Gasteiger charge is -2.09. The van der Waals surface area contributed by atoms with Gasteiger partial charge in [-0.25, -0.2) is 14.1 Å². The second-order valence-electron chi connectivity index (χ2n) is 4.53. The molecule has 0 atom stereocenters. The molecule has 114 valence electrons. The van der Waals surface area contributed by atoms with Crippen molar-refractivity contribution in [2.45, 2.75) is 39.2 Å². The molecule has 4 nitrogen and oxygen atoms in total. The fourth-order valence-electron chi connectivity index (χ4n) is 1.92. The lowest BCUT2D eigenvalue weighted by atomic mass is 10.2. The molecule has 0 bridgehead atoms. The fourth-order valence-corrected chi connectivity index (χ4v) is 1.92. The minimum absolute atomic E-state index is 0.0450. The van der Waals surface area contributed by atoms with Crippen LogP contribution in [0, 0.1) is 0 Å². The van der Waals surface area contributed by atoms with Gasteiger partial charge in [-0.2, -0.15) is 18.3 Å². The van der Waals surface area contributed by atoms with Gasteiger partial charge in [0.15, 0.2) is 12.5 Å². The molecule has 8 heteroatoms. The highest BCUT2D eigenvalue weighted by molar-refractivity contribution is 5.19. The molecule has 0 unspecified atom stereocenters. The van der Waals surface area contributed by atoms with Crippen molar-refractivity contribution in [3.63, 3.8) is 0 Å². The van der Waals surface area contributed by atoms with Crippen LogP contribution in [0.1, 0.15) is 36.3 Å². The maximum Gasteiger partial charge on any atom is 0.433 e. The normalized spacial score (nSPS) is 11.9. The van der Waals surface area contributed by atoms with E-state index < -0.39 is 18.5 Å². The van der Waals surface area contributed by atoms with Crippen LogP contribution in [-0.2, 0) is 25.8 Å². The Kier molecular flexibility index (Phi) is 4.54. The predicted molar refractivity (Wildman–Crippen MR) is 67.2 cm³/mol. The Hall–Kier alpha value is -1.99. The van der Waals surface area contributed by atoms with Gasteiger partial charge < -0.3 is 0 Å². The number of halogens is 4. The third kappa shape index (κ3) is 3.77. The van der Waals surface area contributed by atoms with E-state index in [0.29, 0.717) is 17.8 Å². The number of rotatable bonds is 5. The summed E-state index contributed by atoms with van der Waals surface area (Å²) in [4.78, 5) is 7.33.